The normalized spacial score (nSPS) is 11.3. The van der Waals surface area contributed by atoms with E-state index in [0.29, 0.717) is 26.5 Å². The molecular weight excluding hydrogens is 273 g/mol. The number of rotatable bonds is 2. The number of fused-ring (bicyclic) bond motifs is 1. The van der Waals surface area contributed by atoms with Gasteiger partial charge in [0.25, 0.3) is 0 Å². The number of hydrogen-bond acceptors (Lipinski definition) is 2. The summed E-state index contributed by atoms with van der Waals surface area (Å²) in [5.74, 6) is -1.02. The summed E-state index contributed by atoms with van der Waals surface area (Å²) in [4.78, 5) is 14.9. The maximum absolute atomic E-state index is 10.6. The molecule has 5 heteroatoms. The van der Waals surface area contributed by atoms with Crippen LogP contribution < -0.4 is 0 Å². The van der Waals surface area contributed by atoms with Crippen LogP contribution in [0.15, 0.2) is 24.3 Å². The Balaban J connectivity index is 2.79. The third kappa shape index (κ3) is 2.47. The van der Waals surface area contributed by atoms with Gasteiger partial charge in [-0.2, -0.15) is 0 Å². The number of aliphatic carboxylic acids is 1. The van der Waals surface area contributed by atoms with Gasteiger partial charge >= 0.3 is 5.97 Å². The first-order valence-electron chi connectivity index (χ1n) is 5.15. The molecule has 0 spiro atoms. The molecule has 1 aromatic carbocycles. The van der Waals surface area contributed by atoms with Gasteiger partial charge < -0.3 is 5.11 Å². The monoisotopic (exact) mass is 281 g/mol. The third-order valence-electron chi connectivity index (χ3n) is 2.42. The molecule has 0 radical (unpaired) electrons. The zero-order valence-electron chi connectivity index (χ0n) is 9.45. The number of pyridine rings is 1. The van der Waals surface area contributed by atoms with Gasteiger partial charge in [0, 0.05) is 17.2 Å². The molecule has 0 aliphatic rings. The molecule has 0 bridgehead atoms. The maximum atomic E-state index is 10.6. The molecule has 0 unspecified atom stereocenters. The number of carboxylic acid groups (broad SMARTS) is 1. The van der Waals surface area contributed by atoms with E-state index < -0.39 is 5.97 Å². The minimum atomic E-state index is -1.02. The van der Waals surface area contributed by atoms with Crippen molar-refractivity contribution in [1.82, 2.24) is 4.98 Å². The van der Waals surface area contributed by atoms with E-state index in [4.69, 9.17) is 28.3 Å². The van der Waals surface area contributed by atoms with Crippen LogP contribution in [-0.4, -0.2) is 16.1 Å². The fraction of sp³-hybridized carbons (Fsp3) is 0.0769. The van der Waals surface area contributed by atoms with Crippen LogP contribution in [0.25, 0.3) is 17.0 Å². The molecule has 2 aromatic rings. The average molecular weight is 282 g/mol. The summed E-state index contributed by atoms with van der Waals surface area (Å²) in [6.45, 7) is 1.81. The number of benzene rings is 1. The van der Waals surface area contributed by atoms with Crippen molar-refractivity contribution in [3.63, 3.8) is 0 Å². The van der Waals surface area contributed by atoms with Crippen molar-refractivity contribution in [3.05, 3.63) is 45.6 Å². The first-order valence-corrected chi connectivity index (χ1v) is 5.91. The Morgan fingerprint density at radius 3 is 2.67 bits per heavy atom. The third-order valence-corrected chi connectivity index (χ3v) is 3.04. The summed E-state index contributed by atoms with van der Waals surface area (Å²) < 4.78 is 0. The molecule has 0 fully saturated rings. The number of hydrogen-bond donors (Lipinski definition) is 1. The number of nitrogens with zero attached hydrogens (tertiary/aromatic N) is 1. The molecule has 0 amide bonds. The second-order valence-corrected chi connectivity index (χ2v) is 4.59. The van der Waals surface area contributed by atoms with E-state index >= 15 is 0 Å². The van der Waals surface area contributed by atoms with Crippen molar-refractivity contribution in [1.29, 1.82) is 0 Å². The molecule has 18 heavy (non-hydrogen) atoms. The fourth-order valence-corrected chi connectivity index (χ4v) is 2.18. The van der Waals surface area contributed by atoms with Gasteiger partial charge in [-0.15, -0.1) is 0 Å². The number of halogens is 2. The van der Waals surface area contributed by atoms with Crippen LogP contribution in [0.5, 0.6) is 0 Å². The highest BCUT2D eigenvalue weighted by Gasteiger charge is 2.09. The van der Waals surface area contributed by atoms with E-state index in [0.717, 1.165) is 11.8 Å². The second-order valence-electron chi connectivity index (χ2n) is 3.78. The van der Waals surface area contributed by atoms with E-state index in [1.807, 2.05) is 6.92 Å². The van der Waals surface area contributed by atoms with Gasteiger partial charge in [-0.25, -0.2) is 4.79 Å². The van der Waals surface area contributed by atoms with Crippen LogP contribution in [0.1, 0.15) is 11.3 Å². The Hall–Kier alpha value is -1.58. The lowest BCUT2D eigenvalue weighted by Crippen LogP contribution is -1.91. The lowest BCUT2D eigenvalue weighted by molar-refractivity contribution is -0.131. The first-order chi connectivity index (χ1) is 8.49. The van der Waals surface area contributed by atoms with Gasteiger partial charge in [0.1, 0.15) is 0 Å². The molecule has 0 saturated heterocycles. The molecular formula is C13H9Cl2NO2. The summed E-state index contributed by atoms with van der Waals surface area (Å²) in [5.41, 5.74) is 2.01. The Kier molecular flexibility index (Phi) is 3.55. The maximum Gasteiger partial charge on any atom is 0.328 e. The van der Waals surface area contributed by atoms with E-state index in [2.05, 4.69) is 4.98 Å². The number of carboxylic acids is 1. The van der Waals surface area contributed by atoms with Crippen LogP contribution in [-0.2, 0) is 4.79 Å². The van der Waals surface area contributed by atoms with Crippen molar-refractivity contribution in [2.45, 2.75) is 6.92 Å². The molecule has 92 valence electrons. The van der Waals surface area contributed by atoms with E-state index in [9.17, 15) is 4.79 Å². The van der Waals surface area contributed by atoms with E-state index in [1.54, 1.807) is 18.2 Å². The second kappa shape index (κ2) is 4.96. The molecule has 1 N–H and O–H groups in total. The Bertz CT molecular complexity index is 666. The number of carbonyl (C=O) groups is 1. The standard InChI is InChI=1S/C13H9Cl2NO2/c1-7-6-8(2-5-11(17)18)12-9(14)3-4-10(15)13(12)16-7/h2-6H,1H3,(H,17,18)/b5-2+. The zero-order chi connectivity index (χ0) is 13.3. The van der Waals surface area contributed by atoms with Gasteiger partial charge in [-0.3, -0.25) is 4.98 Å². The fourth-order valence-electron chi connectivity index (χ4n) is 1.72. The van der Waals surface area contributed by atoms with E-state index in [1.165, 1.54) is 6.08 Å². The highest BCUT2D eigenvalue weighted by Crippen LogP contribution is 2.32. The Labute approximate surface area is 114 Å². The van der Waals surface area contributed by atoms with Gasteiger partial charge in [-0.05, 0) is 36.8 Å². The van der Waals surface area contributed by atoms with Crippen LogP contribution >= 0.6 is 23.2 Å². The SMILES string of the molecule is Cc1cc(/C=C/C(=O)O)c2c(Cl)ccc(Cl)c2n1. The van der Waals surface area contributed by atoms with Gasteiger partial charge in [0.05, 0.1) is 15.6 Å². The smallest absolute Gasteiger partial charge is 0.328 e. The van der Waals surface area contributed by atoms with Crippen LogP contribution in [0.3, 0.4) is 0 Å². The van der Waals surface area contributed by atoms with Gasteiger partial charge in [0.15, 0.2) is 0 Å². The first kappa shape index (κ1) is 12.9. The van der Waals surface area contributed by atoms with Gasteiger partial charge in [-0.1, -0.05) is 23.2 Å². The van der Waals surface area contributed by atoms with E-state index in [-0.39, 0.29) is 0 Å². The van der Waals surface area contributed by atoms with Gasteiger partial charge in [0.2, 0.25) is 0 Å². The Morgan fingerprint density at radius 2 is 2.00 bits per heavy atom. The molecule has 0 aliphatic heterocycles. The van der Waals surface area contributed by atoms with Crippen molar-refractivity contribution < 1.29 is 9.90 Å². The average Bonchev–Trinajstić information content (AvgIpc) is 2.30. The Morgan fingerprint density at radius 1 is 1.33 bits per heavy atom. The lowest BCUT2D eigenvalue weighted by atomic mass is 10.1. The van der Waals surface area contributed by atoms with Crippen LogP contribution in [0, 0.1) is 6.92 Å². The summed E-state index contributed by atoms with van der Waals surface area (Å²) in [5, 5.41) is 10.3. The molecule has 1 heterocycles. The molecule has 2 rings (SSSR count). The summed E-state index contributed by atoms with van der Waals surface area (Å²) in [7, 11) is 0. The molecule has 0 aliphatic carbocycles. The van der Waals surface area contributed by atoms with Crippen molar-refractivity contribution in [2.24, 2.45) is 0 Å². The highest BCUT2D eigenvalue weighted by atomic mass is 35.5. The van der Waals surface area contributed by atoms with Crippen molar-refractivity contribution >= 4 is 46.2 Å². The molecule has 3 nitrogen and oxygen atoms in total. The largest absolute Gasteiger partial charge is 0.478 e. The lowest BCUT2D eigenvalue weighted by Gasteiger charge is -2.07. The summed E-state index contributed by atoms with van der Waals surface area (Å²) in [6, 6.07) is 5.11. The highest BCUT2D eigenvalue weighted by molar-refractivity contribution is 6.40. The molecule has 1 aromatic heterocycles. The topological polar surface area (TPSA) is 50.2 Å². The predicted octanol–water partition coefficient (Wildman–Crippen LogP) is 3.95. The molecule has 0 saturated carbocycles. The molecule has 0 atom stereocenters. The predicted molar refractivity (Wildman–Crippen MR) is 73.2 cm³/mol. The van der Waals surface area contributed by atoms with Crippen molar-refractivity contribution in [2.75, 3.05) is 0 Å². The minimum Gasteiger partial charge on any atom is -0.478 e. The minimum absolute atomic E-state index is 0.489. The quantitative estimate of drug-likeness (QED) is 0.848. The summed E-state index contributed by atoms with van der Waals surface area (Å²) in [6.07, 6.45) is 2.55. The number of aryl methyl sites for hydroxylation is 1. The zero-order valence-corrected chi connectivity index (χ0v) is 11.0. The number of aromatic nitrogens is 1. The summed E-state index contributed by atoms with van der Waals surface area (Å²) >= 11 is 12.2. The van der Waals surface area contributed by atoms with Crippen LogP contribution in [0.2, 0.25) is 10.0 Å². The van der Waals surface area contributed by atoms with Crippen LogP contribution in [0.4, 0.5) is 0 Å². The van der Waals surface area contributed by atoms with Crippen molar-refractivity contribution in [3.8, 4) is 0 Å².